The second-order valence-electron chi connectivity index (χ2n) is 5.63. The summed E-state index contributed by atoms with van der Waals surface area (Å²) in [4.78, 5) is 15.5. The Labute approximate surface area is 118 Å². The molecule has 0 atom stereocenters. The molecule has 1 saturated heterocycles. The Bertz CT molecular complexity index is 516. The van der Waals surface area contributed by atoms with E-state index in [4.69, 9.17) is 0 Å². The van der Waals surface area contributed by atoms with Crippen LogP contribution < -0.4 is 10.2 Å². The Balaban J connectivity index is 1.80. The van der Waals surface area contributed by atoms with Crippen LogP contribution in [0.25, 0.3) is 0 Å². The number of hydrogen-bond acceptors (Lipinski definition) is 3. The summed E-state index contributed by atoms with van der Waals surface area (Å²) in [5.74, 6) is -0.108. The van der Waals surface area contributed by atoms with E-state index in [0.717, 1.165) is 12.2 Å². The summed E-state index contributed by atoms with van der Waals surface area (Å²) in [7, 11) is 1.81. The number of anilines is 1. The second-order valence-corrected chi connectivity index (χ2v) is 5.63. The second kappa shape index (κ2) is 5.40. The summed E-state index contributed by atoms with van der Waals surface area (Å²) < 4.78 is 14.1. The van der Waals surface area contributed by atoms with Crippen molar-refractivity contribution in [3.63, 3.8) is 0 Å². The molecule has 1 aliphatic heterocycles. The van der Waals surface area contributed by atoms with E-state index < -0.39 is 0 Å². The zero-order valence-electron chi connectivity index (χ0n) is 11.7. The van der Waals surface area contributed by atoms with E-state index in [1.54, 1.807) is 18.0 Å². The summed E-state index contributed by atoms with van der Waals surface area (Å²) in [6.45, 7) is 2.30. The topological polar surface area (TPSA) is 35.6 Å². The number of benzene rings is 1. The number of piperazine rings is 1. The van der Waals surface area contributed by atoms with Crippen LogP contribution in [0.15, 0.2) is 18.2 Å². The summed E-state index contributed by atoms with van der Waals surface area (Å²) in [6, 6.07) is 5.65. The standard InChI is InChI=1S/C15H20FN3O/c1-18-7-8-19(10-15(18)20)14-4-2-3-13(16)12(14)9-17-11-5-6-11/h2-4,11,17H,5-10H2,1H3. The fourth-order valence-corrected chi connectivity index (χ4v) is 2.52. The van der Waals surface area contributed by atoms with Crippen LogP contribution in [0.1, 0.15) is 18.4 Å². The molecule has 2 fully saturated rings. The van der Waals surface area contributed by atoms with Gasteiger partial charge in [-0.05, 0) is 25.0 Å². The molecule has 1 N–H and O–H groups in total. The smallest absolute Gasteiger partial charge is 0.241 e. The first-order valence-corrected chi connectivity index (χ1v) is 7.15. The Morgan fingerprint density at radius 2 is 2.15 bits per heavy atom. The average molecular weight is 277 g/mol. The predicted octanol–water partition coefficient (Wildman–Crippen LogP) is 1.36. The van der Waals surface area contributed by atoms with Gasteiger partial charge in [-0.1, -0.05) is 6.07 Å². The number of likely N-dealkylation sites (N-methyl/N-ethyl adjacent to an activating group) is 1. The third kappa shape index (κ3) is 2.77. The lowest BCUT2D eigenvalue weighted by molar-refractivity contribution is -0.129. The van der Waals surface area contributed by atoms with Crippen molar-refractivity contribution in [1.82, 2.24) is 10.2 Å². The van der Waals surface area contributed by atoms with E-state index in [1.807, 2.05) is 11.0 Å². The quantitative estimate of drug-likeness (QED) is 0.902. The van der Waals surface area contributed by atoms with Crippen molar-refractivity contribution in [3.8, 4) is 0 Å². The molecule has 0 unspecified atom stereocenters. The largest absolute Gasteiger partial charge is 0.360 e. The third-order valence-electron chi connectivity index (χ3n) is 4.04. The molecular formula is C15H20FN3O. The number of amides is 1. The molecule has 1 aromatic rings. The van der Waals surface area contributed by atoms with Gasteiger partial charge in [0.05, 0.1) is 6.54 Å². The SMILES string of the molecule is CN1CCN(c2cccc(F)c2CNC2CC2)CC1=O. The van der Waals surface area contributed by atoms with Crippen LogP contribution in [0.4, 0.5) is 10.1 Å². The van der Waals surface area contributed by atoms with Gasteiger partial charge in [-0.3, -0.25) is 4.79 Å². The number of nitrogens with one attached hydrogen (secondary N) is 1. The van der Waals surface area contributed by atoms with Crippen molar-refractivity contribution in [2.24, 2.45) is 0 Å². The Morgan fingerprint density at radius 1 is 1.35 bits per heavy atom. The third-order valence-corrected chi connectivity index (χ3v) is 4.04. The van der Waals surface area contributed by atoms with Crippen molar-refractivity contribution in [2.75, 3.05) is 31.6 Å². The van der Waals surface area contributed by atoms with Gasteiger partial charge in [-0.15, -0.1) is 0 Å². The average Bonchev–Trinajstić information content (AvgIpc) is 3.24. The summed E-state index contributed by atoms with van der Waals surface area (Å²) in [5, 5.41) is 3.35. The van der Waals surface area contributed by atoms with Crippen LogP contribution in [0.3, 0.4) is 0 Å². The van der Waals surface area contributed by atoms with Crippen molar-refractivity contribution >= 4 is 11.6 Å². The van der Waals surface area contributed by atoms with Gasteiger partial charge in [0.15, 0.2) is 0 Å². The lowest BCUT2D eigenvalue weighted by Crippen LogP contribution is -2.49. The molecule has 108 valence electrons. The van der Waals surface area contributed by atoms with Crippen LogP contribution in [-0.2, 0) is 11.3 Å². The molecule has 0 aromatic heterocycles. The molecule has 0 bridgehead atoms. The van der Waals surface area contributed by atoms with Crippen molar-refractivity contribution < 1.29 is 9.18 Å². The summed E-state index contributed by atoms with van der Waals surface area (Å²) in [6.07, 6.45) is 2.35. The molecule has 1 aromatic carbocycles. The fraction of sp³-hybridized carbons (Fsp3) is 0.533. The Morgan fingerprint density at radius 3 is 2.85 bits per heavy atom. The number of hydrogen-bond donors (Lipinski definition) is 1. The highest BCUT2D eigenvalue weighted by Crippen LogP contribution is 2.26. The first-order valence-electron chi connectivity index (χ1n) is 7.15. The van der Waals surface area contributed by atoms with Crippen LogP contribution in [0, 0.1) is 5.82 Å². The Hall–Kier alpha value is -1.62. The summed E-state index contributed by atoms with van der Waals surface area (Å²) in [5.41, 5.74) is 1.52. The Kier molecular flexibility index (Phi) is 3.61. The highest BCUT2D eigenvalue weighted by atomic mass is 19.1. The highest BCUT2D eigenvalue weighted by molar-refractivity contribution is 5.83. The van der Waals surface area contributed by atoms with Crippen LogP contribution in [0.5, 0.6) is 0 Å². The number of rotatable bonds is 4. The van der Waals surface area contributed by atoms with Crippen molar-refractivity contribution in [2.45, 2.75) is 25.4 Å². The zero-order valence-corrected chi connectivity index (χ0v) is 11.7. The maximum Gasteiger partial charge on any atom is 0.241 e. The van der Waals surface area contributed by atoms with E-state index in [2.05, 4.69) is 5.32 Å². The predicted molar refractivity (Wildman–Crippen MR) is 76.1 cm³/mol. The maximum atomic E-state index is 14.1. The van der Waals surface area contributed by atoms with E-state index in [0.29, 0.717) is 31.2 Å². The lowest BCUT2D eigenvalue weighted by atomic mass is 10.1. The molecule has 1 aliphatic carbocycles. The monoisotopic (exact) mass is 277 g/mol. The van der Waals surface area contributed by atoms with E-state index in [1.165, 1.54) is 18.9 Å². The molecule has 2 aliphatic rings. The zero-order chi connectivity index (χ0) is 14.1. The van der Waals surface area contributed by atoms with Gasteiger partial charge in [0.25, 0.3) is 0 Å². The molecule has 0 spiro atoms. The normalized spacial score (nSPS) is 19.6. The molecular weight excluding hydrogens is 257 g/mol. The van der Waals surface area contributed by atoms with Crippen LogP contribution >= 0.6 is 0 Å². The first kappa shape index (κ1) is 13.4. The number of halogens is 1. The molecule has 0 radical (unpaired) electrons. The molecule has 20 heavy (non-hydrogen) atoms. The maximum absolute atomic E-state index is 14.1. The molecule has 1 saturated carbocycles. The van der Waals surface area contributed by atoms with E-state index in [-0.39, 0.29) is 11.7 Å². The lowest BCUT2D eigenvalue weighted by Gasteiger charge is -2.34. The number of carbonyl (C=O) groups excluding carboxylic acids is 1. The molecule has 3 rings (SSSR count). The molecule has 1 amide bonds. The molecule has 1 heterocycles. The number of carbonyl (C=O) groups is 1. The minimum absolute atomic E-state index is 0.0848. The fourth-order valence-electron chi connectivity index (χ4n) is 2.52. The van der Waals surface area contributed by atoms with Crippen LogP contribution in [0.2, 0.25) is 0 Å². The van der Waals surface area contributed by atoms with Gasteiger partial charge in [0.1, 0.15) is 5.82 Å². The van der Waals surface area contributed by atoms with Gasteiger partial charge in [-0.25, -0.2) is 4.39 Å². The van der Waals surface area contributed by atoms with Crippen molar-refractivity contribution in [3.05, 3.63) is 29.6 Å². The van der Waals surface area contributed by atoms with E-state index >= 15 is 0 Å². The minimum atomic E-state index is -0.193. The molecule has 4 nitrogen and oxygen atoms in total. The minimum Gasteiger partial charge on any atom is -0.360 e. The summed E-state index contributed by atoms with van der Waals surface area (Å²) >= 11 is 0. The van der Waals surface area contributed by atoms with E-state index in [9.17, 15) is 9.18 Å². The van der Waals surface area contributed by atoms with Gasteiger partial charge in [-0.2, -0.15) is 0 Å². The van der Waals surface area contributed by atoms with Crippen LogP contribution in [-0.4, -0.2) is 43.5 Å². The van der Waals surface area contributed by atoms with Gasteiger partial charge < -0.3 is 15.1 Å². The van der Waals surface area contributed by atoms with Gasteiger partial charge >= 0.3 is 0 Å². The molecule has 5 heteroatoms. The van der Waals surface area contributed by atoms with Crippen molar-refractivity contribution in [1.29, 1.82) is 0 Å². The van der Waals surface area contributed by atoms with Gasteiger partial charge in [0, 0.05) is 44.0 Å². The number of nitrogens with zero attached hydrogens (tertiary/aromatic N) is 2. The highest BCUT2D eigenvalue weighted by Gasteiger charge is 2.25. The van der Waals surface area contributed by atoms with Gasteiger partial charge in [0.2, 0.25) is 5.91 Å². The first-order chi connectivity index (χ1) is 9.65.